The molecule has 2 fully saturated rings. The van der Waals surface area contributed by atoms with Gasteiger partial charge >= 0.3 is 0 Å². The normalized spacial score (nSPS) is 29.7. The van der Waals surface area contributed by atoms with Gasteiger partial charge < -0.3 is 10.1 Å². The van der Waals surface area contributed by atoms with E-state index in [1.54, 1.807) is 0 Å². The van der Waals surface area contributed by atoms with Gasteiger partial charge in [-0.15, -0.1) is 0 Å². The fraction of sp³-hybridized carbons (Fsp3) is 0.857. The van der Waals surface area contributed by atoms with Crippen LogP contribution in [0.25, 0.3) is 0 Å². The predicted molar refractivity (Wildman–Crippen MR) is 75.8 cm³/mol. The summed E-state index contributed by atoms with van der Waals surface area (Å²) < 4.78 is 5.26. The Morgan fingerprint density at radius 2 is 2.21 bits per heavy atom. The quantitative estimate of drug-likeness (QED) is 0.857. The smallest absolute Gasteiger partial charge is 0.240 e. The van der Waals surface area contributed by atoms with Crippen molar-refractivity contribution >= 4 is 17.7 Å². The van der Waals surface area contributed by atoms with Crippen LogP contribution in [0, 0.1) is 16.7 Å². The lowest BCUT2D eigenvalue weighted by molar-refractivity contribution is -0.133. The number of carbonyl (C=O) groups is 1. The van der Waals surface area contributed by atoms with Crippen LogP contribution in [-0.2, 0) is 9.53 Å². The molecule has 1 saturated carbocycles. The van der Waals surface area contributed by atoms with Crippen molar-refractivity contribution in [2.24, 2.45) is 5.41 Å². The Morgan fingerprint density at radius 1 is 1.47 bits per heavy atom. The van der Waals surface area contributed by atoms with Crippen LogP contribution >= 0.6 is 11.8 Å². The van der Waals surface area contributed by atoms with Gasteiger partial charge in [-0.3, -0.25) is 4.79 Å². The van der Waals surface area contributed by atoms with Crippen LogP contribution in [0.1, 0.15) is 39.0 Å². The van der Waals surface area contributed by atoms with Crippen molar-refractivity contribution in [3.8, 4) is 6.07 Å². The third-order valence-corrected chi connectivity index (χ3v) is 5.35. The minimum atomic E-state index is -0.853. The van der Waals surface area contributed by atoms with E-state index in [-0.39, 0.29) is 11.9 Å². The van der Waals surface area contributed by atoms with E-state index in [9.17, 15) is 10.1 Å². The first-order chi connectivity index (χ1) is 9.20. The number of nitrogens with zero attached hydrogens (tertiary/aromatic N) is 1. The highest BCUT2D eigenvalue weighted by Gasteiger charge is 2.41. The number of carbonyl (C=O) groups excluding carboxylic acids is 1. The van der Waals surface area contributed by atoms with Crippen molar-refractivity contribution in [2.45, 2.75) is 50.3 Å². The number of hydrogen-bond donors (Lipinski definition) is 1. The maximum atomic E-state index is 12.4. The number of nitrogens with one attached hydrogen (secondary N) is 1. The average molecular weight is 282 g/mol. The molecule has 19 heavy (non-hydrogen) atoms. The van der Waals surface area contributed by atoms with Gasteiger partial charge in [-0.05, 0) is 37.9 Å². The van der Waals surface area contributed by atoms with Gasteiger partial charge in [0, 0.05) is 24.5 Å². The van der Waals surface area contributed by atoms with Crippen molar-refractivity contribution in [3.05, 3.63) is 0 Å². The summed E-state index contributed by atoms with van der Waals surface area (Å²) in [5, 5.41) is 13.1. The standard InChI is InChI=1S/C14H22N2O2S/c1-2-19-12-4-3-11(9-12)16-13(17)14(10-15)5-7-18-8-6-14/h11-12H,2-9H2,1H3,(H,16,17). The predicted octanol–water partition coefficient (Wildman–Crippen LogP) is 2.10. The van der Waals surface area contributed by atoms with E-state index in [4.69, 9.17) is 4.74 Å². The van der Waals surface area contributed by atoms with Crippen molar-refractivity contribution in [2.75, 3.05) is 19.0 Å². The molecule has 0 spiro atoms. The molecule has 1 aliphatic carbocycles. The minimum Gasteiger partial charge on any atom is -0.381 e. The Hall–Kier alpha value is -0.730. The topological polar surface area (TPSA) is 62.1 Å². The van der Waals surface area contributed by atoms with Gasteiger partial charge in [0.15, 0.2) is 0 Å². The van der Waals surface area contributed by atoms with Gasteiger partial charge in [0.05, 0.1) is 6.07 Å². The second-order valence-electron chi connectivity index (χ2n) is 5.37. The van der Waals surface area contributed by atoms with Gasteiger partial charge in [0.1, 0.15) is 5.41 Å². The number of hydrogen-bond acceptors (Lipinski definition) is 4. The molecular formula is C14H22N2O2S. The lowest BCUT2D eigenvalue weighted by atomic mass is 9.80. The summed E-state index contributed by atoms with van der Waals surface area (Å²) in [4.78, 5) is 12.4. The van der Waals surface area contributed by atoms with E-state index in [1.165, 1.54) is 6.42 Å². The van der Waals surface area contributed by atoms with Crippen molar-refractivity contribution in [1.29, 1.82) is 5.26 Å². The monoisotopic (exact) mass is 282 g/mol. The van der Waals surface area contributed by atoms with Crippen LogP contribution in [0.5, 0.6) is 0 Å². The largest absolute Gasteiger partial charge is 0.381 e. The molecule has 0 aromatic heterocycles. The van der Waals surface area contributed by atoms with Gasteiger partial charge in [-0.25, -0.2) is 0 Å². The molecule has 2 aliphatic rings. The van der Waals surface area contributed by atoms with E-state index in [2.05, 4.69) is 18.3 Å². The van der Waals surface area contributed by atoms with Gasteiger partial charge in [-0.1, -0.05) is 6.92 Å². The Balaban J connectivity index is 1.88. The van der Waals surface area contributed by atoms with E-state index in [0.29, 0.717) is 31.3 Å². The molecule has 0 bridgehead atoms. The highest BCUT2D eigenvalue weighted by Crippen LogP contribution is 2.33. The lowest BCUT2D eigenvalue weighted by Gasteiger charge is -2.30. The zero-order valence-electron chi connectivity index (χ0n) is 11.5. The molecule has 5 heteroatoms. The van der Waals surface area contributed by atoms with Crippen molar-refractivity contribution in [3.63, 3.8) is 0 Å². The number of rotatable bonds is 4. The summed E-state index contributed by atoms with van der Waals surface area (Å²) in [5.41, 5.74) is -0.853. The number of ether oxygens (including phenoxy) is 1. The van der Waals surface area contributed by atoms with E-state index >= 15 is 0 Å². The van der Waals surface area contributed by atoms with Crippen LogP contribution in [0.15, 0.2) is 0 Å². The molecule has 4 nitrogen and oxygen atoms in total. The van der Waals surface area contributed by atoms with Gasteiger partial charge in [-0.2, -0.15) is 17.0 Å². The molecule has 1 aliphatic heterocycles. The summed E-state index contributed by atoms with van der Waals surface area (Å²) in [6.07, 6.45) is 4.31. The summed E-state index contributed by atoms with van der Waals surface area (Å²) in [7, 11) is 0. The first-order valence-corrected chi connectivity index (χ1v) is 8.16. The fourth-order valence-corrected chi connectivity index (χ4v) is 4.03. The van der Waals surface area contributed by atoms with Crippen molar-refractivity contribution < 1.29 is 9.53 Å². The molecule has 1 heterocycles. The molecule has 2 rings (SSSR count). The van der Waals surface area contributed by atoms with Crippen LogP contribution in [0.3, 0.4) is 0 Å². The van der Waals surface area contributed by atoms with Crippen LogP contribution in [0.2, 0.25) is 0 Å². The van der Waals surface area contributed by atoms with E-state index < -0.39 is 5.41 Å². The van der Waals surface area contributed by atoms with Crippen molar-refractivity contribution in [1.82, 2.24) is 5.32 Å². The second-order valence-corrected chi connectivity index (χ2v) is 6.94. The molecule has 2 unspecified atom stereocenters. The zero-order chi connectivity index (χ0) is 13.7. The number of nitriles is 1. The van der Waals surface area contributed by atoms with Gasteiger partial charge in [0.2, 0.25) is 5.91 Å². The van der Waals surface area contributed by atoms with Crippen LogP contribution < -0.4 is 5.32 Å². The third-order valence-electron chi connectivity index (χ3n) is 4.12. The third kappa shape index (κ3) is 3.43. The molecule has 0 aromatic rings. The van der Waals surface area contributed by atoms with Crippen LogP contribution in [-0.4, -0.2) is 36.2 Å². The van der Waals surface area contributed by atoms with Gasteiger partial charge in [0.25, 0.3) is 0 Å². The molecule has 0 aromatic carbocycles. The molecule has 106 valence electrons. The Morgan fingerprint density at radius 3 is 2.84 bits per heavy atom. The number of amides is 1. The Bertz CT molecular complexity index is 361. The highest BCUT2D eigenvalue weighted by atomic mass is 32.2. The summed E-state index contributed by atoms with van der Waals surface area (Å²) >= 11 is 1.97. The molecular weight excluding hydrogens is 260 g/mol. The minimum absolute atomic E-state index is 0.0783. The lowest BCUT2D eigenvalue weighted by Crippen LogP contribution is -2.47. The number of thioether (sulfide) groups is 1. The fourth-order valence-electron chi connectivity index (χ4n) is 2.89. The SMILES string of the molecule is CCSC1CCC(NC(=O)C2(C#N)CCOCC2)C1. The second kappa shape index (κ2) is 6.62. The maximum Gasteiger partial charge on any atom is 0.240 e. The zero-order valence-corrected chi connectivity index (χ0v) is 12.3. The molecule has 1 N–H and O–H groups in total. The summed E-state index contributed by atoms with van der Waals surface area (Å²) in [5.74, 6) is 1.05. The summed E-state index contributed by atoms with van der Waals surface area (Å²) in [6.45, 7) is 3.20. The molecule has 1 saturated heterocycles. The summed E-state index contributed by atoms with van der Waals surface area (Å²) in [6, 6.07) is 2.48. The Labute approximate surface area is 119 Å². The molecule has 0 radical (unpaired) electrons. The first kappa shape index (κ1) is 14.7. The van der Waals surface area contributed by atoms with Crippen LogP contribution in [0.4, 0.5) is 0 Å². The average Bonchev–Trinajstić information content (AvgIpc) is 2.87. The van der Waals surface area contributed by atoms with E-state index in [0.717, 1.165) is 18.6 Å². The maximum absolute atomic E-state index is 12.4. The van der Waals surface area contributed by atoms with E-state index in [1.807, 2.05) is 11.8 Å². The molecule has 2 atom stereocenters. The molecule has 1 amide bonds. The highest BCUT2D eigenvalue weighted by molar-refractivity contribution is 7.99. The Kier molecular flexibility index (Phi) is 5.12. The first-order valence-electron chi connectivity index (χ1n) is 7.12.